The van der Waals surface area contributed by atoms with Crippen LogP contribution in [0.15, 0.2) is 30.6 Å². The minimum absolute atomic E-state index is 0.0774. The van der Waals surface area contributed by atoms with Crippen molar-refractivity contribution in [2.75, 3.05) is 0 Å². The fourth-order valence-electron chi connectivity index (χ4n) is 1.90. The topological polar surface area (TPSA) is 47.8 Å². The Morgan fingerprint density at radius 3 is 2.83 bits per heavy atom. The zero-order chi connectivity index (χ0) is 13.1. The van der Waals surface area contributed by atoms with Crippen LogP contribution in [0, 0.1) is 6.92 Å². The van der Waals surface area contributed by atoms with Crippen molar-refractivity contribution in [1.29, 1.82) is 0 Å². The first-order valence-corrected chi connectivity index (χ1v) is 6.06. The van der Waals surface area contributed by atoms with Gasteiger partial charge >= 0.3 is 0 Å². The van der Waals surface area contributed by atoms with E-state index in [-0.39, 0.29) is 11.8 Å². The minimum atomic E-state index is 0.0774. The monoisotopic (exact) mass is 243 g/mol. The number of hydrogen-bond acceptors (Lipinski definition) is 3. The molecule has 0 saturated carbocycles. The van der Waals surface area contributed by atoms with Crippen LogP contribution in [-0.4, -0.2) is 20.5 Å². The Morgan fingerprint density at radius 2 is 2.17 bits per heavy atom. The van der Waals surface area contributed by atoms with Crippen LogP contribution >= 0.6 is 0 Å². The highest BCUT2D eigenvalue weighted by Crippen LogP contribution is 2.10. The van der Waals surface area contributed by atoms with Crippen molar-refractivity contribution >= 4 is 5.78 Å². The molecule has 0 spiro atoms. The van der Waals surface area contributed by atoms with Crippen molar-refractivity contribution in [2.45, 2.75) is 33.2 Å². The summed E-state index contributed by atoms with van der Waals surface area (Å²) >= 11 is 0. The molecule has 1 aromatic heterocycles. The van der Waals surface area contributed by atoms with Gasteiger partial charge < -0.3 is 0 Å². The number of aryl methyl sites for hydroxylation is 1. The number of aromatic nitrogens is 3. The summed E-state index contributed by atoms with van der Waals surface area (Å²) in [6, 6.07) is 7.83. The van der Waals surface area contributed by atoms with Gasteiger partial charge in [0.25, 0.3) is 0 Å². The van der Waals surface area contributed by atoms with Gasteiger partial charge in [-0.1, -0.05) is 23.8 Å². The molecule has 1 aromatic carbocycles. The van der Waals surface area contributed by atoms with Crippen LogP contribution in [-0.2, 0) is 6.42 Å². The van der Waals surface area contributed by atoms with Crippen molar-refractivity contribution in [3.8, 4) is 0 Å². The first-order valence-electron chi connectivity index (χ1n) is 6.06. The van der Waals surface area contributed by atoms with E-state index in [1.165, 1.54) is 6.33 Å². The van der Waals surface area contributed by atoms with Crippen molar-refractivity contribution in [3.63, 3.8) is 0 Å². The van der Waals surface area contributed by atoms with Gasteiger partial charge in [0.15, 0.2) is 5.78 Å². The maximum atomic E-state index is 12.2. The van der Waals surface area contributed by atoms with E-state index in [9.17, 15) is 4.79 Å². The Labute approximate surface area is 107 Å². The standard InChI is InChI=1S/C14H17N3O/c1-10(2)17-14(15-9-16-17)8-13(18)12-6-4-5-11(3)7-12/h4-7,9-10H,8H2,1-3H3. The SMILES string of the molecule is Cc1cccc(C(=O)Cc2ncnn2C(C)C)c1. The second kappa shape index (κ2) is 5.12. The number of carbonyl (C=O) groups excluding carboxylic acids is 1. The van der Waals surface area contributed by atoms with E-state index in [1.807, 2.05) is 45.0 Å². The van der Waals surface area contributed by atoms with E-state index in [1.54, 1.807) is 4.68 Å². The zero-order valence-electron chi connectivity index (χ0n) is 10.9. The van der Waals surface area contributed by atoms with E-state index >= 15 is 0 Å². The lowest BCUT2D eigenvalue weighted by molar-refractivity contribution is 0.0989. The van der Waals surface area contributed by atoms with E-state index in [0.717, 1.165) is 17.0 Å². The second-order valence-electron chi connectivity index (χ2n) is 4.68. The summed E-state index contributed by atoms with van der Waals surface area (Å²) in [5.74, 6) is 0.796. The molecule has 1 heterocycles. The van der Waals surface area contributed by atoms with Gasteiger partial charge in [-0.3, -0.25) is 4.79 Å². The molecule has 0 aliphatic carbocycles. The molecule has 0 aliphatic rings. The molecule has 0 bridgehead atoms. The molecule has 0 saturated heterocycles. The number of carbonyl (C=O) groups is 1. The molecule has 4 heteroatoms. The summed E-state index contributed by atoms with van der Waals surface area (Å²) in [5.41, 5.74) is 1.82. The Morgan fingerprint density at radius 1 is 1.39 bits per heavy atom. The summed E-state index contributed by atoms with van der Waals surface area (Å²) in [6.07, 6.45) is 1.79. The predicted molar refractivity (Wildman–Crippen MR) is 69.6 cm³/mol. The van der Waals surface area contributed by atoms with E-state index in [2.05, 4.69) is 10.1 Å². The van der Waals surface area contributed by atoms with Gasteiger partial charge in [-0.05, 0) is 26.8 Å². The molecule has 0 aliphatic heterocycles. The van der Waals surface area contributed by atoms with E-state index in [0.29, 0.717) is 6.42 Å². The zero-order valence-corrected chi connectivity index (χ0v) is 10.9. The lowest BCUT2D eigenvalue weighted by atomic mass is 10.1. The Hall–Kier alpha value is -1.97. The fraction of sp³-hybridized carbons (Fsp3) is 0.357. The van der Waals surface area contributed by atoms with Gasteiger partial charge in [0.1, 0.15) is 12.2 Å². The minimum Gasteiger partial charge on any atom is -0.294 e. The second-order valence-corrected chi connectivity index (χ2v) is 4.68. The third-order valence-electron chi connectivity index (χ3n) is 2.80. The molecular weight excluding hydrogens is 226 g/mol. The van der Waals surface area contributed by atoms with Crippen LogP contribution in [0.5, 0.6) is 0 Å². The van der Waals surface area contributed by atoms with Crippen LogP contribution in [0.3, 0.4) is 0 Å². The third kappa shape index (κ3) is 2.64. The van der Waals surface area contributed by atoms with Gasteiger partial charge in [0.05, 0.1) is 6.42 Å². The first kappa shape index (κ1) is 12.5. The highest BCUT2D eigenvalue weighted by Gasteiger charge is 2.13. The van der Waals surface area contributed by atoms with Crippen LogP contribution < -0.4 is 0 Å². The normalized spacial score (nSPS) is 10.9. The molecule has 18 heavy (non-hydrogen) atoms. The molecule has 0 unspecified atom stereocenters. The molecule has 2 rings (SSSR count). The largest absolute Gasteiger partial charge is 0.294 e. The Balaban J connectivity index is 2.19. The van der Waals surface area contributed by atoms with Gasteiger partial charge in [0, 0.05) is 11.6 Å². The van der Waals surface area contributed by atoms with E-state index in [4.69, 9.17) is 0 Å². The lowest BCUT2D eigenvalue weighted by Crippen LogP contribution is -2.13. The highest BCUT2D eigenvalue weighted by atomic mass is 16.1. The van der Waals surface area contributed by atoms with Gasteiger partial charge in [0.2, 0.25) is 0 Å². The Kier molecular flexibility index (Phi) is 3.55. The third-order valence-corrected chi connectivity index (χ3v) is 2.80. The first-order chi connectivity index (χ1) is 8.58. The maximum Gasteiger partial charge on any atom is 0.170 e. The van der Waals surface area contributed by atoms with E-state index < -0.39 is 0 Å². The van der Waals surface area contributed by atoms with Crippen molar-refractivity contribution in [1.82, 2.24) is 14.8 Å². The molecule has 0 radical (unpaired) electrons. The lowest BCUT2D eigenvalue weighted by Gasteiger charge is -2.08. The fourth-order valence-corrected chi connectivity index (χ4v) is 1.90. The molecule has 0 atom stereocenters. The number of rotatable bonds is 4. The summed E-state index contributed by atoms with van der Waals surface area (Å²) in [4.78, 5) is 16.3. The van der Waals surface area contributed by atoms with Crippen molar-refractivity contribution < 1.29 is 4.79 Å². The molecule has 2 aromatic rings. The van der Waals surface area contributed by atoms with Crippen LogP contribution in [0.1, 0.15) is 41.6 Å². The average molecular weight is 243 g/mol. The van der Waals surface area contributed by atoms with Crippen molar-refractivity contribution in [3.05, 3.63) is 47.5 Å². The molecular formula is C14H17N3O. The number of hydrogen-bond donors (Lipinski definition) is 0. The molecule has 94 valence electrons. The average Bonchev–Trinajstić information content (AvgIpc) is 2.77. The summed E-state index contributed by atoms with van der Waals surface area (Å²) < 4.78 is 1.79. The molecule has 0 N–H and O–H groups in total. The molecule has 0 fully saturated rings. The van der Waals surface area contributed by atoms with Gasteiger partial charge in [-0.25, -0.2) is 9.67 Å². The maximum absolute atomic E-state index is 12.2. The number of Topliss-reactive ketones (excluding diaryl/α,β-unsaturated/α-hetero) is 1. The number of ketones is 1. The quantitative estimate of drug-likeness (QED) is 0.775. The van der Waals surface area contributed by atoms with Crippen LogP contribution in [0.2, 0.25) is 0 Å². The van der Waals surface area contributed by atoms with Crippen molar-refractivity contribution in [2.24, 2.45) is 0 Å². The van der Waals surface area contributed by atoms with Crippen LogP contribution in [0.4, 0.5) is 0 Å². The summed E-state index contributed by atoms with van der Waals surface area (Å²) in [6.45, 7) is 6.03. The van der Waals surface area contributed by atoms with Gasteiger partial charge in [-0.2, -0.15) is 5.10 Å². The molecule has 4 nitrogen and oxygen atoms in total. The molecule has 0 amide bonds. The van der Waals surface area contributed by atoms with Gasteiger partial charge in [-0.15, -0.1) is 0 Å². The predicted octanol–water partition coefficient (Wildman–Crippen LogP) is 2.59. The smallest absolute Gasteiger partial charge is 0.170 e. The highest BCUT2D eigenvalue weighted by molar-refractivity contribution is 5.97. The summed E-state index contributed by atoms with van der Waals surface area (Å²) in [7, 11) is 0. The number of benzene rings is 1. The summed E-state index contributed by atoms with van der Waals surface area (Å²) in [5, 5.41) is 4.13. The van der Waals surface area contributed by atoms with Crippen LogP contribution in [0.25, 0.3) is 0 Å². The Bertz CT molecular complexity index is 558. The number of nitrogens with zero attached hydrogens (tertiary/aromatic N) is 3.